The first-order valence-corrected chi connectivity index (χ1v) is 8.09. The second kappa shape index (κ2) is 5.59. The zero-order valence-corrected chi connectivity index (χ0v) is 12.6. The smallest absolute Gasteiger partial charge is 0.137 e. The molecule has 0 aromatic heterocycles. The Morgan fingerprint density at radius 1 is 1.20 bits per heavy atom. The number of ketones is 1. The molecule has 108 valence electrons. The maximum atomic E-state index is 11.9. The van der Waals surface area contributed by atoms with Crippen LogP contribution >= 0.6 is 0 Å². The first-order chi connectivity index (χ1) is 9.70. The predicted octanol–water partition coefficient (Wildman–Crippen LogP) is 4.29. The minimum Gasteiger partial charge on any atom is -0.364 e. The molecule has 2 heterocycles. The number of carbonyl (C=O) groups excluding carboxylic acids is 1. The summed E-state index contributed by atoms with van der Waals surface area (Å²) in [5.41, 5.74) is 2.85. The number of hydrogen-bond acceptors (Lipinski definition) is 2. The lowest BCUT2D eigenvalue weighted by molar-refractivity contribution is -0.121. The second-order valence-electron chi connectivity index (χ2n) is 6.46. The van der Waals surface area contributed by atoms with E-state index in [9.17, 15) is 4.79 Å². The summed E-state index contributed by atoms with van der Waals surface area (Å²) in [5, 5.41) is 0. The first-order valence-electron chi connectivity index (χ1n) is 8.09. The molecular weight excluding hydrogens is 246 g/mol. The van der Waals surface area contributed by atoms with Crippen molar-refractivity contribution in [2.75, 3.05) is 4.90 Å². The van der Waals surface area contributed by atoms with Crippen molar-refractivity contribution in [2.24, 2.45) is 0 Å². The number of Topliss-reactive ketones (excluding diaryl/α,β-unsaturated/α-hetero) is 1. The van der Waals surface area contributed by atoms with E-state index in [1.165, 1.54) is 36.9 Å². The summed E-state index contributed by atoms with van der Waals surface area (Å²) in [6.45, 7) is 4.56. The van der Waals surface area contributed by atoms with Gasteiger partial charge in [0.15, 0.2) is 0 Å². The van der Waals surface area contributed by atoms with Gasteiger partial charge in [0, 0.05) is 30.6 Å². The third-order valence-corrected chi connectivity index (χ3v) is 5.15. The van der Waals surface area contributed by atoms with Crippen LogP contribution in [0.5, 0.6) is 0 Å². The van der Waals surface area contributed by atoms with Gasteiger partial charge in [-0.05, 0) is 43.2 Å². The minimum absolute atomic E-state index is 0.445. The highest BCUT2D eigenvalue weighted by Crippen LogP contribution is 2.40. The van der Waals surface area contributed by atoms with Crippen molar-refractivity contribution in [3.05, 3.63) is 29.8 Å². The normalized spacial score (nSPS) is 27.5. The number of hydrogen-bond donors (Lipinski definition) is 0. The fourth-order valence-electron chi connectivity index (χ4n) is 3.93. The molecule has 0 N–H and O–H groups in total. The number of anilines is 1. The lowest BCUT2D eigenvalue weighted by Gasteiger charge is -2.48. The summed E-state index contributed by atoms with van der Waals surface area (Å²) in [5.74, 6) is 1.06. The van der Waals surface area contributed by atoms with Gasteiger partial charge >= 0.3 is 0 Å². The van der Waals surface area contributed by atoms with Gasteiger partial charge in [0.25, 0.3) is 0 Å². The van der Waals surface area contributed by atoms with Crippen LogP contribution in [0.2, 0.25) is 0 Å². The summed E-state index contributed by atoms with van der Waals surface area (Å²) in [7, 11) is 0. The van der Waals surface area contributed by atoms with Crippen LogP contribution in [0.4, 0.5) is 5.69 Å². The van der Waals surface area contributed by atoms with Crippen molar-refractivity contribution >= 4 is 11.5 Å². The molecule has 0 amide bonds. The molecule has 3 rings (SSSR count). The Kier molecular flexibility index (Phi) is 3.82. The van der Waals surface area contributed by atoms with Gasteiger partial charge < -0.3 is 4.90 Å². The summed E-state index contributed by atoms with van der Waals surface area (Å²) in [4.78, 5) is 14.5. The molecule has 2 aliphatic rings. The van der Waals surface area contributed by atoms with Crippen molar-refractivity contribution in [1.82, 2.24) is 0 Å². The molecule has 2 bridgehead atoms. The van der Waals surface area contributed by atoms with Crippen LogP contribution in [0.15, 0.2) is 24.3 Å². The number of benzene rings is 1. The highest BCUT2D eigenvalue weighted by molar-refractivity contribution is 5.83. The molecule has 0 saturated carbocycles. The average molecular weight is 271 g/mol. The highest BCUT2D eigenvalue weighted by atomic mass is 16.1. The molecule has 2 aliphatic heterocycles. The van der Waals surface area contributed by atoms with E-state index < -0.39 is 0 Å². The second-order valence-corrected chi connectivity index (χ2v) is 6.46. The van der Waals surface area contributed by atoms with Gasteiger partial charge in [-0.15, -0.1) is 0 Å². The number of piperidine rings is 2. The largest absolute Gasteiger partial charge is 0.364 e. The van der Waals surface area contributed by atoms with Gasteiger partial charge in [0.05, 0.1) is 0 Å². The topological polar surface area (TPSA) is 20.3 Å². The highest BCUT2D eigenvalue weighted by Gasteiger charge is 2.38. The third kappa shape index (κ3) is 2.36. The Labute approximate surface area is 122 Å². The molecular formula is C18H25NO. The zero-order valence-electron chi connectivity index (χ0n) is 12.6. The third-order valence-electron chi connectivity index (χ3n) is 5.15. The van der Waals surface area contributed by atoms with Crippen LogP contribution in [-0.4, -0.2) is 17.9 Å². The first kappa shape index (κ1) is 13.7. The molecule has 0 radical (unpaired) electrons. The van der Waals surface area contributed by atoms with E-state index in [0.717, 1.165) is 12.8 Å². The number of nitrogens with zero attached hydrogens (tertiary/aromatic N) is 1. The summed E-state index contributed by atoms with van der Waals surface area (Å²) in [6.07, 6.45) is 6.31. The van der Waals surface area contributed by atoms with Crippen LogP contribution in [-0.2, 0) is 4.79 Å². The van der Waals surface area contributed by atoms with Gasteiger partial charge in [0.1, 0.15) is 5.78 Å². The van der Waals surface area contributed by atoms with E-state index >= 15 is 0 Å². The Morgan fingerprint density at radius 2 is 1.85 bits per heavy atom. The fraction of sp³-hybridized carbons (Fsp3) is 0.611. The average Bonchev–Trinajstić information content (AvgIpc) is 2.45. The molecule has 1 aromatic rings. The minimum atomic E-state index is 0.445. The monoisotopic (exact) mass is 271 g/mol. The molecule has 20 heavy (non-hydrogen) atoms. The van der Waals surface area contributed by atoms with Gasteiger partial charge in [-0.25, -0.2) is 0 Å². The van der Waals surface area contributed by atoms with Gasteiger partial charge in [-0.1, -0.05) is 32.0 Å². The molecule has 2 heteroatoms. The van der Waals surface area contributed by atoms with Crippen molar-refractivity contribution in [1.29, 1.82) is 0 Å². The summed E-state index contributed by atoms with van der Waals surface area (Å²) >= 11 is 0. The van der Waals surface area contributed by atoms with Crippen LogP contribution in [0, 0.1) is 0 Å². The Bertz CT molecular complexity index is 480. The molecule has 2 saturated heterocycles. The van der Waals surface area contributed by atoms with Crippen molar-refractivity contribution < 1.29 is 4.79 Å². The van der Waals surface area contributed by atoms with Crippen LogP contribution < -0.4 is 4.90 Å². The Morgan fingerprint density at radius 3 is 2.50 bits per heavy atom. The van der Waals surface area contributed by atoms with Gasteiger partial charge in [0.2, 0.25) is 0 Å². The number of para-hydroxylation sites is 1. The standard InChI is InChI=1S/C18H25NO/c1-3-13(2)17-9-4-5-10-18(17)19-14-7-6-8-15(19)12-16(20)11-14/h4-5,9-10,13-15H,3,6-8,11-12H2,1-2H3. The van der Waals surface area contributed by atoms with E-state index in [1.54, 1.807) is 0 Å². The summed E-state index contributed by atoms with van der Waals surface area (Å²) < 4.78 is 0. The van der Waals surface area contributed by atoms with Crippen LogP contribution in [0.25, 0.3) is 0 Å². The maximum absolute atomic E-state index is 11.9. The molecule has 1 aromatic carbocycles. The van der Waals surface area contributed by atoms with E-state index in [-0.39, 0.29) is 0 Å². The van der Waals surface area contributed by atoms with Crippen molar-refractivity contribution in [3.8, 4) is 0 Å². The van der Waals surface area contributed by atoms with Crippen molar-refractivity contribution in [3.63, 3.8) is 0 Å². The van der Waals surface area contributed by atoms with E-state index in [0.29, 0.717) is 23.8 Å². The number of carbonyl (C=O) groups is 1. The lowest BCUT2D eigenvalue weighted by atomic mass is 9.82. The molecule has 0 spiro atoms. The van der Waals surface area contributed by atoms with Gasteiger partial charge in [-0.2, -0.15) is 0 Å². The SMILES string of the molecule is CCC(C)c1ccccc1N1C2CCCC1CC(=O)C2. The lowest BCUT2D eigenvalue weighted by Crippen LogP contribution is -2.53. The zero-order chi connectivity index (χ0) is 14.1. The predicted molar refractivity (Wildman–Crippen MR) is 83.3 cm³/mol. The number of rotatable bonds is 3. The Hall–Kier alpha value is -1.31. The molecule has 0 aliphatic carbocycles. The van der Waals surface area contributed by atoms with Crippen LogP contribution in [0.1, 0.15) is 63.9 Å². The molecule has 3 atom stereocenters. The molecule has 2 fully saturated rings. The maximum Gasteiger partial charge on any atom is 0.137 e. The molecule has 2 nitrogen and oxygen atoms in total. The quantitative estimate of drug-likeness (QED) is 0.817. The summed E-state index contributed by atoms with van der Waals surface area (Å²) in [6, 6.07) is 9.72. The van der Waals surface area contributed by atoms with Gasteiger partial charge in [-0.3, -0.25) is 4.79 Å². The number of fused-ring (bicyclic) bond motifs is 2. The Balaban J connectivity index is 1.98. The van der Waals surface area contributed by atoms with E-state index in [1.807, 2.05) is 0 Å². The van der Waals surface area contributed by atoms with Crippen molar-refractivity contribution in [2.45, 2.75) is 70.4 Å². The van der Waals surface area contributed by atoms with E-state index in [2.05, 4.69) is 43.0 Å². The fourth-order valence-corrected chi connectivity index (χ4v) is 3.93. The van der Waals surface area contributed by atoms with Crippen LogP contribution in [0.3, 0.4) is 0 Å². The molecule has 3 unspecified atom stereocenters. The van der Waals surface area contributed by atoms with E-state index in [4.69, 9.17) is 0 Å².